The Bertz CT molecular complexity index is 403. The van der Waals surface area contributed by atoms with Gasteiger partial charge in [-0.25, -0.2) is 4.79 Å². The minimum Gasteiger partial charge on any atom is -0.477 e. The lowest BCUT2D eigenvalue weighted by atomic mass is 9.88. The highest BCUT2D eigenvalue weighted by atomic mass is 16.7. The van der Waals surface area contributed by atoms with Crippen LogP contribution < -0.4 is 5.32 Å². The number of carbonyl (C=O) groups is 2. The Morgan fingerprint density at radius 3 is 2.43 bits per heavy atom. The predicted octanol–water partition coefficient (Wildman–Crippen LogP) is -3.87. The Morgan fingerprint density at radius 1 is 1.43 bits per heavy atom. The standard InChI is InChI=1S/C11H19NO9/c1-4(14)12-7-5(15)2-11(20,10(18)19)21-9(7)8(17)6(16)3-13/h5-9,13,15-17,20H,2-3H2,1H3,(H,12,14)(H,18,19)/t5?,6?,7?,8-,9?,11-/m0/s1. The lowest BCUT2D eigenvalue weighted by Crippen LogP contribution is -2.67. The molecule has 1 amide bonds. The van der Waals surface area contributed by atoms with Crippen LogP contribution in [0, 0.1) is 0 Å². The van der Waals surface area contributed by atoms with Crippen molar-refractivity contribution in [2.75, 3.05) is 6.61 Å². The molecule has 7 N–H and O–H groups in total. The fraction of sp³-hybridized carbons (Fsp3) is 0.818. The summed E-state index contributed by atoms with van der Waals surface area (Å²) in [6, 6.07) is -1.27. The van der Waals surface area contributed by atoms with Crippen molar-refractivity contribution in [3.63, 3.8) is 0 Å². The third-order valence-electron chi connectivity index (χ3n) is 3.21. The molecule has 0 radical (unpaired) electrons. The van der Waals surface area contributed by atoms with Crippen molar-refractivity contribution in [2.24, 2.45) is 0 Å². The first-order valence-corrected chi connectivity index (χ1v) is 6.18. The normalized spacial score (nSPS) is 35.8. The molecule has 0 aromatic carbocycles. The molecule has 1 aliphatic rings. The highest BCUT2D eigenvalue weighted by molar-refractivity contribution is 5.76. The lowest BCUT2D eigenvalue weighted by molar-refractivity contribution is -0.295. The summed E-state index contributed by atoms with van der Waals surface area (Å²) in [6.45, 7) is 0.256. The van der Waals surface area contributed by atoms with E-state index in [2.05, 4.69) is 5.32 Å². The van der Waals surface area contributed by atoms with E-state index in [1.807, 2.05) is 0 Å². The summed E-state index contributed by atoms with van der Waals surface area (Å²) in [5.41, 5.74) is 0. The highest BCUT2D eigenvalue weighted by Gasteiger charge is 2.53. The Labute approximate surface area is 119 Å². The minimum atomic E-state index is -2.78. The molecule has 1 fully saturated rings. The molecule has 0 aromatic heterocycles. The van der Waals surface area contributed by atoms with Gasteiger partial charge in [0, 0.05) is 13.3 Å². The monoisotopic (exact) mass is 309 g/mol. The van der Waals surface area contributed by atoms with E-state index in [0.717, 1.165) is 6.92 Å². The van der Waals surface area contributed by atoms with Crippen LogP contribution >= 0.6 is 0 Å². The summed E-state index contributed by atoms with van der Waals surface area (Å²) in [6.07, 6.45) is -7.48. The van der Waals surface area contributed by atoms with Crippen LogP contribution in [0.2, 0.25) is 0 Å². The molecule has 0 bridgehead atoms. The number of aliphatic hydroxyl groups is 5. The van der Waals surface area contributed by atoms with Gasteiger partial charge in [-0.3, -0.25) is 4.79 Å². The number of carboxylic acid groups (broad SMARTS) is 1. The second-order valence-corrected chi connectivity index (χ2v) is 4.91. The molecular weight excluding hydrogens is 290 g/mol. The number of hydrogen-bond donors (Lipinski definition) is 7. The van der Waals surface area contributed by atoms with E-state index in [1.54, 1.807) is 0 Å². The van der Waals surface area contributed by atoms with Crippen LogP contribution in [0.5, 0.6) is 0 Å². The number of aliphatic hydroxyl groups excluding tert-OH is 4. The number of amides is 1. The van der Waals surface area contributed by atoms with Gasteiger partial charge in [0.1, 0.15) is 18.3 Å². The first-order valence-electron chi connectivity index (χ1n) is 6.18. The van der Waals surface area contributed by atoms with Crippen molar-refractivity contribution in [3.05, 3.63) is 0 Å². The second-order valence-electron chi connectivity index (χ2n) is 4.91. The topological polar surface area (TPSA) is 177 Å². The lowest BCUT2D eigenvalue weighted by Gasteiger charge is -2.44. The number of aliphatic carboxylic acids is 1. The van der Waals surface area contributed by atoms with Crippen LogP contribution in [-0.4, -0.2) is 85.4 Å². The molecule has 1 aliphatic heterocycles. The number of rotatable bonds is 5. The fourth-order valence-electron chi connectivity index (χ4n) is 2.14. The summed E-state index contributed by atoms with van der Waals surface area (Å²) in [4.78, 5) is 22.1. The summed E-state index contributed by atoms with van der Waals surface area (Å²) >= 11 is 0. The Morgan fingerprint density at radius 2 is 2.00 bits per heavy atom. The molecule has 0 saturated carbocycles. The number of ether oxygens (including phenoxy) is 1. The van der Waals surface area contributed by atoms with Crippen LogP contribution in [-0.2, 0) is 14.3 Å². The number of nitrogens with one attached hydrogen (secondary N) is 1. The quantitative estimate of drug-likeness (QED) is 0.268. The van der Waals surface area contributed by atoms with Crippen molar-refractivity contribution in [3.8, 4) is 0 Å². The van der Waals surface area contributed by atoms with Crippen LogP contribution in [0.15, 0.2) is 0 Å². The van der Waals surface area contributed by atoms with Gasteiger partial charge in [-0.2, -0.15) is 0 Å². The first-order chi connectivity index (χ1) is 9.62. The summed E-state index contributed by atoms with van der Waals surface area (Å²) < 4.78 is 4.86. The zero-order valence-electron chi connectivity index (χ0n) is 11.2. The van der Waals surface area contributed by atoms with Crippen LogP contribution in [0.1, 0.15) is 13.3 Å². The van der Waals surface area contributed by atoms with Gasteiger partial charge in [0.2, 0.25) is 5.91 Å². The number of hydrogen-bond acceptors (Lipinski definition) is 8. The maximum atomic E-state index is 11.1. The average molecular weight is 309 g/mol. The van der Waals surface area contributed by atoms with Crippen molar-refractivity contribution < 1.29 is 45.0 Å². The van der Waals surface area contributed by atoms with Gasteiger partial charge < -0.3 is 40.7 Å². The Kier molecular flexibility index (Phi) is 5.61. The number of carboxylic acids is 1. The fourth-order valence-corrected chi connectivity index (χ4v) is 2.14. The van der Waals surface area contributed by atoms with Crippen LogP contribution in [0.25, 0.3) is 0 Å². The summed E-state index contributed by atoms with van der Waals surface area (Å²) in [5, 5.41) is 59.0. The molecule has 10 nitrogen and oxygen atoms in total. The smallest absolute Gasteiger partial charge is 0.364 e. The molecule has 6 atom stereocenters. The molecule has 4 unspecified atom stereocenters. The van der Waals surface area contributed by atoms with Gasteiger partial charge in [0.25, 0.3) is 5.79 Å². The SMILES string of the molecule is CC(=O)NC1C(O)C[C@@](O)(C(=O)O)OC1[C@@H](O)C(O)CO. The maximum Gasteiger partial charge on any atom is 0.364 e. The minimum absolute atomic E-state index is 0.598. The van der Waals surface area contributed by atoms with Gasteiger partial charge in [-0.15, -0.1) is 0 Å². The third-order valence-corrected chi connectivity index (χ3v) is 3.21. The van der Waals surface area contributed by atoms with E-state index in [1.165, 1.54) is 0 Å². The third kappa shape index (κ3) is 3.87. The van der Waals surface area contributed by atoms with Crippen molar-refractivity contribution in [2.45, 2.75) is 49.6 Å². The van der Waals surface area contributed by atoms with Crippen molar-refractivity contribution in [1.29, 1.82) is 0 Å². The molecule has 0 spiro atoms. The van der Waals surface area contributed by atoms with Gasteiger partial charge in [0.15, 0.2) is 0 Å². The largest absolute Gasteiger partial charge is 0.477 e. The molecule has 0 aliphatic carbocycles. The zero-order valence-corrected chi connectivity index (χ0v) is 11.2. The van der Waals surface area contributed by atoms with E-state index in [4.69, 9.17) is 14.9 Å². The molecule has 21 heavy (non-hydrogen) atoms. The molecule has 1 rings (SSSR count). The van der Waals surface area contributed by atoms with Crippen LogP contribution in [0.3, 0.4) is 0 Å². The molecule has 1 heterocycles. The van der Waals surface area contributed by atoms with E-state index < -0.39 is 61.1 Å². The second kappa shape index (κ2) is 6.64. The summed E-state index contributed by atoms with van der Waals surface area (Å²) in [7, 11) is 0. The van der Waals surface area contributed by atoms with Gasteiger partial charge in [-0.1, -0.05) is 0 Å². The molecule has 122 valence electrons. The molecule has 10 heteroatoms. The van der Waals surface area contributed by atoms with Crippen molar-refractivity contribution in [1.82, 2.24) is 5.32 Å². The van der Waals surface area contributed by atoms with E-state index in [-0.39, 0.29) is 0 Å². The molecule has 1 saturated heterocycles. The Hall–Kier alpha value is -1.30. The van der Waals surface area contributed by atoms with E-state index >= 15 is 0 Å². The highest BCUT2D eigenvalue weighted by Crippen LogP contribution is 2.30. The van der Waals surface area contributed by atoms with Gasteiger partial charge >= 0.3 is 5.97 Å². The van der Waals surface area contributed by atoms with Crippen molar-refractivity contribution >= 4 is 11.9 Å². The van der Waals surface area contributed by atoms with Gasteiger partial charge in [0.05, 0.1) is 18.8 Å². The van der Waals surface area contributed by atoms with Gasteiger partial charge in [-0.05, 0) is 0 Å². The molecular formula is C11H19NO9. The first kappa shape index (κ1) is 17.8. The maximum absolute atomic E-state index is 11.1. The number of carbonyl (C=O) groups excluding carboxylic acids is 1. The van der Waals surface area contributed by atoms with E-state index in [9.17, 15) is 30.0 Å². The zero-order chi connectivity index (χ0) is 16.4. The van der Waals surface area contributed by atoms with Crippen LogP contribution in [0.4, 0.5) is 0 Å². The molecule has 0 aromatic rings. The summed E-state index contributed by atoms with van der Waals surface area (Å²) in [5.74, 6) is -5.17. The predicted molar refractivity (Wildman–Crippen MR) is 64.8 cm³/mol. The average Bonchev–Trinajstić information content (AvgIpc) is 2.39. The Balaban J connectivity index is 3.07. The van der Waals surface area contributed by atoms with E-state index in [0.29, 0.717) is 0 Å².